The van der Waals surface area contributed by atoms with Crippen molar-refractivity contribution in [2.75, 3.05) is 19.0 Å². The molecule has 0 radical (unpaired) electrons. The van der Waals surface area contributed by atoms with E-state index >= 15 is 0 Å². The van der Waals surface area contributed by atoms with Gasteiger partial charge in [0.05, 0.1) is 0 Å². The maximum Gasteiger partial charge on any atom is 0.156 e. The number of benzene rings is 1. The first kappa shape index (κ1) is 13.3. The Morgan fingerprint density at radius 2 is 1.79 bits per heavy atom. The molecule has 0 fully saturated rings. The molecule has 0 spiro atoms. The number of anilines is 1. The molecule has 0 bridgehead atoms. The molecule has 98 valence electrons. The van der Waals surface area contributed by atoms with Gasteiger partial charge in [-0.3, -0.25) is 0 Å². The summed E-state index contributed by atoms with van der Waals surface area (Å²) in [4.78, 5) is 10.2. The van der Waals surface area contributed by atoms with E-state index in [4.69, 9.17) is 17.4 Å². The second-order valence-corrected chi connectivity index (χ2v) is 4.47. The molecule has 1 heterocycles. The van der Waals surface area contributed by atoms with Crippen molar-refractivity contribution in [2.24, 2.45) is 10.9 Å². The highest BCUT2D eigenvalue weighted by atomic mass is 35.5. The Kier molecular flexibility index (Phi) is 3.97. The van der Waals surface area contributed by atoms with Crippen molar-refractivity contribution < 1.29 is 0 Å². The van der Waals surface area contributed by atoms with Crippen molar-refractivity contribution in [3.8, 4) is 0 Å². The topological polar surface area (TPSA) is 67.4 Å². The van der Waals surface area contributed by atoms with Crippen molar-refractivity contribution in [1.82, 2.24) is 9.97 Å². The van der Waals surface area contributed by atoms with E-state index in [0.29, 0.717) is 11.4 Å². The van der Waals surface area contributed by atoms with Crippen molar-refractivity contribution >= 4 is 23.0 Å². The van der Waals surface area contributed by atoms with Crippen LogP contribution in [0, 0.1) is 0 Å². The fourth-order valence-corrected chi connectivity index (χ4v) is 1.86. The van der Waals surface area contributed by atoms with E-state index in [1.807, 2.05) is 43.3 Å². The standard InChI is InChI=1S/C13H14ClN5/c1-19(2)10-5-3-9(4-6-10)11(18-15)12-13(14)17-8-7-16-12/h3-8H,15H2,1-2H3/b18-11+. The molecule has 0 aliphatic carbocycles. The lowest BCUT2D eigenvalue weighted by molar-refractivity contribution is 1.13. The lowest BCUT2D eigenvalue weighted by atomic mass is 10.1. The Balaban J connectivity index is 2.41. The fourth-order valence-electron chi connectivity index (χ4n) is 1.67. The zero-order valence-corrected chi connectivity index (χ0v) is 11.5. The molecule has 6 heteroatoms. The maximum atomic E-state index is 6.01. The summed E-state index contributed by atoms with van der Waals surface area (Å²) in [5.41, 5.74) is 2.92. The van der Waals surface area contributed by atoms with Crippen LogP contribution in [0.4, 0.5) is 5.69 Å². The van der Waals surface area contributed by atoms with Gasteiger partial charge in [0.25, 0.3) is 0 Å². The van der Waals surface area contributed by atoms with E-state index in [-0.39, 0.29) is 5.15 Å². The van der Waals surface area contributed by atoms with Crippen molar-refractivity contribution in [2.45, 2.75) is 0 Å². The second kappa shape index (κ2) is 5.67. The molecule has 0 amide bonds. The molecule has 19 heavy (non-hydrogen) atoms. The number of nitrogens with two attached hydrogens (primary N) is 1. The third-order valence-corrected chi connectivity index (χ3v) is 2.94. The molecule has 2 N–H and O–H groups in total. The van der Waals surface area contributed by atoms with Gasteiger partial charge in [0.15, 0.2) is 5.15 Å². The number of rotatable bonds is 3. The van der Waals surface area contributed by atoms with E-state index in [0.717, 1.165) is 11.3 Å². The molecular weight excluding hydrogens is 262 g/mol. The molecule has 2 rings (SSSR count). The van der Waals surface area contributed by atoms with Crippen LogP contribution in [-0.2, 0) is 0 Å². The van der Waals surface area contributed by atoms with Crippen LogP contribution in [0.1, 0.15) is 11.3 Å². The summed E-state index contributed by atoms with van der Waals surface area (Å²) < 4.78 is 0. The summed E-state index contributed by atoms with van der Waals surface area (Å²) in [6.07, 6.45) is 3.08. The largest absolute Gasteiger partial charge is 0.378 e. The van der Waals surface area contributed by atoms with Crippen LogP contribution >= 0.6 is 11.6 Å². The van der Waals surface area contributed by atoms with Crippen LogP contribution in [0.2, 0.25) is 5.15 Å². The van der Waals surface area contributed by atoms with E-state index in [1.54, 1.807) is 6.20 Å². The number of hydrogen-bond acceptors (Lipinski definition) is 5. The first-order chi connectivity index (χ1) is 9.13. The summed E-state index contributed by atoms with van der Waals surface area (Å²) >= 11 is 6.01. The van der Waals surface area contributed by atoms with Crippen LogP contribution < -0.4 is 10.7 Å². The summed E-state index contributed by atoms with van der Waals surface area (Å²) in [5.74, 6) is 5.45. The average molecular weight is 276 g/mol. The lowest BCUT2D eigenvalue weighted by Gasteiger charge is -2.13. The van der Waals surface area contributed by atoms with Crippen LogP contribution in [0.15, 0.2) is 41.8 Å². The average Bonchev–Trinajstić information content (AvgIpc) is 2.42. The first-order valence-corrected chi connectivity index (χ1v) is 6.04. The molecular formula is C13H14ClN5. The van der Waals surface area contributed by atoms with Gasteiger partial charge in [-0.05, 0) is 12.1 Å². The number of aromatic nitrogens is 2. The van der Waals surface area contributed by atoms with Gasteiger partial charge in [0.1, 0.15) is 11.4 Å². The molecule has 1 aromatic heterocycles. The number of hydrogen-bond donors (Lipinski definition) is 1. The number of hydrazone groups is 1. The summed E-state index contributed by atoms with van der Waals surface area (Å²) in [5, 5.41) is 4.06. The Morgan fingerprint density at radius 3 is 2.32 bits per heavy atom. The highest BCUT2D eigenvalue weighted by Crippen LogP contribution is 2.18. The van der Waals surface area contributed by atoms with Crippen LogP contribution in [-0.4, -0.2) is 29.8 Å². The van der Waals surface area contributed by atoms with Gasteiger partial charge in [-0.2, -0.15) is 5.10 Å². The molecule has 0 aliphatic rings. The van der Waals surface area contributed by atoms with Gasteiger partial charge >= 0.3 is 0 Å². The molecule has 0 saturated heterocycles. The van der Waals surface area contributed by atoms with E-state index in [2.05, 4.69) is 15.1 Å². The minimum absolute atomic E-state index is 0.281. The Hall–Kier alpha value is -2.14. The van der Waals surface area contributed by atoms with Crippen molar-refractivity contribution in [3.05, 3.63) is 53.1 Å². The van der Waals surface area contributed by atoms with E-state index in [1.165, 1.54) is 6.20 Å². The highest BCUT2D eigenvalue weighted by Gasteiger charge is 2.13. The summed E-state index contributed by atoms with van der Waals surface area (Å²) in [6, 6.07) is 7.80. The first-order valence-electron chi connectivity index (χ1n) is 5.66. The Bertz CT molecular complexity index is 592. The highest BCUT2D eigenvalue weighted by molar-refractivity contribution is 6.33. The summed E-state index contributed by atoms with van der Waals surface area (Å²) in [6.45, 7) is 0. The normalized spacial score (nSPS) is 11.4. The Morgan fingerprint density at radius 1 is 1.16 bits per heavy atom. The molecule has 0 aliphatic heterocycles. The predicted molar refractivity (Wildman–Crippen MR) is 77.6 cm³/mol. The van der Waals surface area contributed by atoms with Gasteiger partial charge in [-0.25, -0.2) is 9.97 Å². The molecule has 0 unspecified atom stereocenters. The summed E-state index contributed by atoms with van der Waals surface area (Å²) in [7, 11) is 3.96. The lowest BCUT2D eigenvalue weighted by Crippen LogP contribution is -2.12. The third kappa shape index (κ3) is 2.82. The zero-order valence-electron chi connectivity index (χ0n) is 10.7. The van der Waals surface area contributed by atoms with Gasteiger partial charge < -0.3 is 10.7 Å². The quantitative estimate of drug-likeness (QED) is 0.528. The van der Waals surface area contributed by atoms with Crippen molar-refractivity contribution in [1.29, 1.82) is 0 Å². The molecule has 0 saturated carbocycles. The molecule has 2 aromatic rings. The third-order valence-electron chi connectivity index (χ3n) is 2.66. The van der Waals surface area contributed by atoms with Gasteiger partial charge in [0, 0.05) is 37.7 Å². The van der Waals surface area contributed by atoms with Gasteiger partial charge in [-0.15, -0.1) is 0 Å². The van der Waals surface area contributed by atoms with E-state index in [9.17, 15) is 0 Å². The van der Waals surface area contributed by atoms with Crippen LogP contribution in [0.5, 0.6) is 0 Å². The predicted octanol–water partition coefficient (Wildman–Crippen LogP) is 1.91. The minimum Gasteiger partial charge on any atom is -0.378 e. The van der Waals surface area contributed by atoms with Crippen LogP contribution in [0.25, 0.3) is 0 Å². The fraction of sp³-hybridized carbons (Fsp3) is 0.154. The SMILES string of the molecule is CN(C)c1ccc(/C(=N\N)c2nccnc2Cl)cc1. The minimum atomic E-state index is 0.281. The van der Waals surface area contributed by atoms with Gasteiger partial charge in [-0.1, -0.05) is 23.7 Å². The molecule has 5 nitrogen and oxygen atoms in total. The monoisotopic (exact) mass is 275 g/mol. The van der Waals surface area contributed by atoms with Crippen LogP contribution in [0.3, 0.4) is 0 Å². The Labute approximate surface area is 116 Å². The number of nitrogens with zero attached hydrogens (tertiary/aromatic N) is 4. The maximum absolute atomic E-state index is 6.01. The van der Waals surface area contributed by atoms with Gasteiger partial charge in [0.2, 0.25) is 0 Å². The smallest absolute Gasteiger partial charge is 0.156 e. The van der Waals surface area contributed by atoms with E-state index < -0.39 is 0 Å². The van der Waals surface area contributed by atoms with Crippen molar-refractivity contribution in [3.63, 3.8) is 0 Å². The zero-order chi connectivity index (χ0) is 13.8. The molecule has 1 aromatic carbocycles. The molecule has 0 atom stereocenters. The second-order valence-electron chi connectivity index (χ2n) is 4.11. The number of halogens is 1.